The number of halogens is 4. The molecule has 26 heteroatoms. The summed E-state index contributed by atoms with van der Waals surface area (Å²) in [7, 11) is 7.32. The number of nitrogens with one attached hydrogen (secondary N) is 4. The first-order chi connectivity index (χ1) is 43.7. The monoisotopic (exact) mass is 1340 g/mol. The van der Waals surface area contributed by atoms with Crippen molar-refractivity contribution in [1.29, 1.82) is 0 Å². The van der Waals surface area contributed by atoms with E-state index in [-0.39, 0.29) is 101 Å². The molecule has 0 aromatic rings. The summed E-state index contributed by atoms with van der Waals surface area (Å²) in [6.45, 7) is 13.3. The maximum absolute atomic E-state index is 15.1. The van der Waals surface area contributed by atoms with E-state index in [4.69, 9.17) is 11.6 Å². The number of alkyl halides is 4. The van der Waals surface area contributed by atoms with Gasteiger partial charge in [-0.05, 0) is 114 Å². The quantitative estimate of drug-likeness (QED) is 0.147. The lowest BCUT2D eigenvalue weighted by molar-refractivity contribution is -0.182. The molecule has 11 amide bonds. The molecule has 528 valence electrons. The Bertz CT molecular complexity index is 2600. The van der Waals surface area contributed by atoms with Crippen molar-refractivity contribution in [2.45, 2.75) is 256 Å². The number of unbranched alkanes of at least 4 members (excludes halogenated alkanes) is 1. The maximum Gasteiger partial charge on any atom is 0.393 e. The standard InChI is InChI=1S/C67H111ClF3N11O11/c1-14-16-32-81-40-55(85)79(12)52(37-45-23-18-17-19-24-45)63(91)76(9)38-53(83)73-49(29-27-46-26-28-47(48(68)36-46)67(69,70)71)62(90)82-33-22-25-50(82)60(88)75-66(30-20-21-31-66)65(93)80(13)58(42(5)6)61(89)72-44(8)35-54(84)78(11)51(34-41(3)4)59(87)74-57(43(7)15-2)64(92)77(10)39-56(81)86/h41-52,57-58H,14-40H2,1-13H3,(H,72,89)(H,73,83)(H,74,87)(H,75,88)/t43-,44+,46?,47?,48?,49-,50-,51-,52-,57-,58-/m0/s1. The first-order valence-electron chi connectivity index (χ1n) is 34.5. The molecule has 5 fully saturated rings. The molecule has 93 heavy (non-hydrogen) atoms. The molecular weight excluding hydrogens is 1230 g/mol. The van der Waals surface area contributed by atoms with E-state index in [0.29, 0.717) is 38.5 Å². The molecule has 3 saturated carbocycles. The van der Waals surface area contributed by atoms with Gasteiger partial charge < -0.3 is 55.6 Å². The molecule has 0 aromatic carbocycles. The number of nitrogens with zero attached hydrogens (tertiary/aromatic N) is 7. The fourth-order valence-electron chi connectivity index (χ4n) is 14.5. The molecular formula is C67H111ClF3N11O11. The van der Waals surface area contributed by atoms with Crippen LogP contribution < -0.4 is 21.3 Å². The fraction of sp³-hybridized carbons (Fsp3) is 0.836. The predicted octanol–water partition coefficient (Wildman–Crippen LogP) is 6.40. The van der Waals surface area contributed by atoms with E-state index >= 15 is 9.59 Å². The molecule has 2 heterocycles. The molecule has 0 aromatic heterocycles. The molecule has 0 bridgehead atoms. The van der Waals surface area contributed by atoms with Crippen LogP contribution in [0.3, 0.4) is 0 Å². The van der Waals surface area contributed by atoms with Crippen molar-refractivity contribution in [2.24, 2.45) is 35.5 Å². The summed E-state index contributed by atoms with van der Waals surface area (Å²) < 4.78 is 41.8. The molecule has 11 atom stereocenters. The van der Waals surface area contributed by atoms with E-state index in [0.717, 1.165) is 32.1 Å². The van der Waals surface area contributed by atoms with Gasteiger partial charge in [0, 0.05) is 66.2 Å². The van der Waals surface area contributed by atoms with Gasteiger partial charge in [-0.15, -0.1) is 11.6 Å². The van der Waals surface area contributed by atoms with Gasteiger partial charge >= 0.3 is 6.18 Å². The Morgan fingerprint density at radius 1 is 0.634 bits per heavy atom. The summed E-state index contributed by atoms with van der Waals surface area (Å²) in [6.07, 6.45) is 4.07. The first kappa shape index (κ1) is 78.0. The van der Waals surface area contributed by atoms with Crippen LogP contribution >= 0.6 is 11.6 Å². The lowest BCUT2D eigenvalue weighted by Crippen LogP contribution is -2.64. The van der Waals surface area contributed by atoms with Crippen LogP contribution in [0, 0.1) is 35.5 Å². The number of carbonyl (C=O) groups excluding carboxylic acids is 11. The number of fused-ring (bicyclic) bond motifs is 1. The highest BCUT2D eigenvalue weighted by molar-refractivity contribution is 6.20. The van der Waals surface area contributed by atoms with Crippen LogP contribution in [0.25, 0.3) is 0 Å². The molecule has 5 rings (SSSR count). The van der Waals surface area contributed by atoms with Gasteiger partial charge in [-0.25, -0.2) is 0 Å². The number of likely N-dealkylation sites (N-methyl/N-ethyl adjacent to an activating group) is 5. The zero-order chi connectivity index (χ0) is 69.4. The highest BCUT2D eigenvalue weighted by atomic mass is 35.5. The first-order valence-corrected chi connectivity index (χ1v) is 34.9. The molecule has 2 aliphatic heterocycles. The van der Waals surface area contributed by atoms with Gasteiger partial charge in [0.05, 0.1) is 25.6 Å². The summed E-state index contributed by atoms with van der Waals surface area (Å²) in [6, 6.07) is -7.58. The Balaban J connectivity index is 1.55. The van der Waals surface area contributed by atoms with Crippen molar-refractivity contribution in [1.82, 2.24) is 55.6 Å². The highest BCUT2D eigenvalue weighted by Gasteiger charge is 2.51. The van der Waals surface area contributed by atoms with Crippen LogP contribution in [0.1, 0.15) is 197 Å². The minimum absolute atomic E-state index is 0.0151. The van der Waals surface area contributed by atoms with Gasteiger partial charge in [-0.2, -0.15) is 13.2 Å². The number of rotatable bonds is 13. The summed E-state index contributed by atoms with van der Waals surface area (Å²) >= 11 is 6.38. The lowest BCUT2D eigenvalue weighted by atomic mass is 9.78. The topological polar surface area (TPSA) is 259 Å². The second-order valence-electron chi connectivity index (χ2n) is 28.6. The van der Waals surface area contributed by atoms with Crippen molar-refractivity contribution in [3.8, 4) is 0 Å². The largest absolute Gasteiger partial charge is 0.393 e. The van der Waals surface area contributed by atoms with Crippen molar-refractivity contribution in [3.05, 3.63) is 0 Å². The lowest BCUT2D eigenvalue weighted by Gasteiger charge is -2.39. The van der Waals surface area contributed by atoms with Crippen LogP contribution in [-0.2, 0) is 52.7 Å². The van der Waals surface area contributed by atoms with E-state index in [1.54, 1.807) is 27.7 Å². The van der Waals surface area contributed by atoms with Crippen molar-refractivity contribution < 1.29 is 65.9 Å². The van der Waals surface area contributed by atoms with Crippen LogP contribution in [0.4, 0.5) is 13.2 Å². The molecule has 22 nitrogen and oxygen atoms in total. The van der Waals surface area contributed by atoms with Gasteiger partial charge in [0.25, 0.3) is 0 Å². The van der Waals surface area contributed by atoms with Crippen LogP contribution in [0.15, 0.2) is 0 Å². The van der Waals surface area contributed by atoms with E-state index in [2.05, 4.69) is 21.3 Å². The SMILES string of the molecule is CCCCN1CC(=O)N(C)[C@@H](CC2CCCCC2)C(=O)N(C)CC(=O)N[C@@H](CCC2CCC(C(F)(F)F)C(Cl)C2)C(=O)N2CCC[C@H]2C(=O)NC2(CCCC2)C(=O)N(C)[C@@H](C(C)C)C(=O)N[C@H](C)CC(=O)N(C)[C@@H](CC(C)C)C(=O)N[C@@H]([C@@H](C)CC)C(=O)N(C)CC1=O. The van der Waals surface area contributed by atoms with Crippen molar-refractivity contribution in [2.75, 3.05) is 68.0 Å². The zero-order valence-corrected chi connectivity index (χ0v) is 58.6. The summed E-state index contributed by atoms with van der Waals surface area (Å²) in [5, 5.41) is 10.5. The molecule has 3 unspecified atom stereocenters. The van der Waals surface area contributed by atoms with Gasteiger partial charge in [0.2, 0.25) is 65.0 Å². The van der Waals surface area contributed by atoms with Crippen molar-refractivity contribution in [3.63, 3.8) is 0 Å². The summed E-state index contributed by atoms with van der Waals surface area (Å²) in [5.41, 5.74) is -1.48. The fourth-order valence-corrected chi connectivity index (χ4v) is 15.0. The smallest absolute Gasteiger partial charge is 0.351 e. The summed E-state index contributed by atoms with van der Waals surface area (Å²) in [4.78, 5) is 170. The Hall–Kier alpha value is -5.75. The highest BCUT2D eigenvalue weighted by Crippen LogP contribution is 2.44. The van der Waals surface area contributed by atoms with Gasteiger partial charge in [-0.1, -0.05) is 106 Å². The van der Waals surface area contributed by atoms with Crippen LogP contribution in [0.5, 0.6) is 0 Å². The molecule has 5 aliphatic rings. The summed E-state index contributed by atoms with van der Waals surface area (Å²) in [5.74, 6) is -9.43. The second kappa shape index (κ2) is 35.3. The Kier molecular flexibility index (Phi) is 29.6. The zero-order valence-electron chi connectivity index (χ0n) is 57.8. The minimum atomic E-state index is -4.49. The predicted molar refractivity (Wildman–Crippen MR) is 347 cm³/mol. The normalized spacial score (nSPS) is 29.3. The Morgan fingerprint density at radius 3 is 1.86 bits per heavy atom. The molecule has 0 radical (unpaired) electrons. The minimum Gasteiger partial charge on any atom is -0.351 e. The van der Waals surface area contributed by atoms with Crippen LogP contribution in [0.2, 0.25) is 0 Å². The number of hydrogen-bond donors (Lipinski definition) is 4. The molecule has 1 spiro atoms. The van der Waals surface area contributed by atoms with E-state index in [1.807, 2.05) is 27.7 Å². The van der Waals surface area contributed by atoms with Gasteiger partial charge in [0.15, 0.2) is 0 Å². The average molecular weight is 1340 g/mol. The van der Waals surface area contributed by atoms with Gasteiger partial charge in [-0.3, -0.25) is 52.7 Å². The Morgan fingerprint density at radius 2 is 1.27 bits per heavy atom. The van der Waals surface area contributed by atoms with Crippen LogP contribution in [-0.4, -0.2) is 227 Å². The second-order valence-corrected chi connectivity index (χ2v) is 29.1. The number of amides is 11. The number of carbonyl (C=O) groups is 11. The van der Waals surface area contributed by atoms with E-state index in [1.165, 1.54) is 69.5 Å². The molecule has 2 saturated heterocycles. The molecule has 3 aliphatic carbocycles. The molecule has 4 N–H and O–H groups in total. The van der Waals surface area contributed by atoms with Crippen molar-refractivity contribution >= 4 is 76.6 Å². The van der Waals surface area contributed by atoms with E-state index in [9.17, 15) is 56.3 Å². The third-order valence-electron chi connectivity index (χ3n) is 20.4. The Labute approximate surface area is 555 Å². The average Bonchev–Trinajstić information content (AvgIpc) is 1.73. The van der Waals surface area contributed by atoms with Gasteiger partial charge in [0.1, 0.15) is 41.8 Å². The number of hydrogen-bond acceptors (Lipinski definition) is 11. The third-order valence-corrected chi connectivity index (χ3v) is 20.9. The van der Waals surface area contributed by atoms with E-state index < -0.39 is 162 Å². The maximum atomic E-state index is 15.1. The third kappa shape index (κ3) is 21.1.